The lowest BCUT2D eigenvalue weighted by molar-refractivity contribution is 0.653. The maximum atomic E-state index is 5.08. The van der Waals surface area contributed by atoms with Crippen molar-refractivity contribution in [3.8, 4) is 0 Å². The predicted octanol–water partition coefficient (Wildman–Crippen LogP) is 0.682. The molecule has 4 nitrogen and oxygen atoms in total. The van der Waals surface area contributed by atoms with Gasteiger partial charge in [0.05, 0.1) is 0 Å². The fourth-order valence-electron chi connectivity index (χ4n) is 0.694. The lowest BCUT2D eigenvalue weighted by atomic mass is 10.1. The van der Waals surface area contributed by atoms with E-state index in [9.17, 15) is 0 Å². The van der Waals surface area contributed by atoms with Gasteiger partial charge in [0.2, 0.25) is 5.96 Å². The largest absolute Gasteiger partial charge is 0.369 e. The fourth-order valence-corrected chi connectivity index (χ4v) is 0.694. The molecule has 0 spiro atoms. The summed E-state index contributed by atoms with van der Waals surface area (Å²) in [5.74, 6) is 0.491. The van der Waals surface area contributed by atoms with Gasteiger partial charge in [0.1, 0.15) is 0 Å². The summed E-state index contributed by atoms with van der Waals surface area (Å²) in [4.78, 5) is 0. The van der Waals surface area contributed by atoms with Crippen molar-refractivity contribution in [2.75, 3.05) is 0 Å². The second kappa shape index (κ2) is 5.70. The normalized spacial score (nSPS) is 10.8. The van der Waals surface area contributed by atoms with Crippen LogP contribution in [0.3, 0.4) is 0 Å². The molecule has 0 unspecified atom stereocenters. The van der Waals surface area contributed by atoms with Gasteiger partial charge in [-0.1, -0.05) is 13.8 Å². The first-order valence-corrected chi connectivity index (χ1v) is 3.82. The van der Waals surface area contributed by atoms with Crippen molar-refractivity contribution < 1.29 is 0 Å². The van der Waals surface area contributed by atoms with E-state index in [1.807, 2.05) is 0 Å². The Bertz CT molecular complexity index is 143. The molecule has 0 aliphatic rings. The van der Waals surface area contributed by atoms with Crippen LogP contribution in [0.5, 0.6) is 0 Å². The van der Waals surface area contributed by atoms with Gasteiger partial charge in [0.25, 0.3) is 0 Å². The van der Waals surface area contributed by atoms with E-state index >= 15 is 0 Å². The summed E-state index contributed by atoms with van der Waals surface area (Å²) in [5.41, 5.74) is 10.2. The van der Waals surface area contributed by atoms with Crippen LogP contribution in [0.15, 0.2) is 10.2 Å². The van der Waals surface area contributed by atoms with Crippen LogP contribution in [0.4, 0.5) is 0 Å². The van der Waals surface area contributed by atoms with Crippen molar-refractivity contribution in [2.45, 2.75) is 26.7 Å². The quantitative estimate of drug-likeness (QED) is 0.357. The number of hydrogen-bond acceptors (Lipinski definition) is 2. The van der Waals surface area contributed by atoms with Crippen LogP contribution in [-0.4, -0.2) is 12.2 Å². The molecule has 0 aliphatic carbocycles. The van der Waals surface area contributed by atoms with Crippen molar-refractivity contribution in [2.24, 2.45) is 27.6 Å². The third kappa shape index (κ3) is 5.39. The van der Waals surface area contributed by atoms with Gasteiger partial charge in [-0.25, -0.2) is 0 Å². The first-order chi connectivity index (χ1) is 5.20. The molecule has 0 aromatic carbocycles. The molecule has 64 valence electrons. The van der Waals surface area contributed by atoms with Crippen LogP contribution >= 0.6 is 0 Å². The summed E-state index contributed by atoms with van der Waals surface area (Å²) in [6.07, 6.45) is 3.92. The maximum Gasteiger partial charge on any atom is 0.211 e. The van der Waals surface area contributed by atoms with Crippen molar-refractivity contribution in [3.63, 3.8) is 0 Å². The summed E-state index contributed by atoms with van der Waals surface area (Å²) < 4.78 is 0. The minimum absolute atomic E-state index is 0.00667. The summed E-state index contributed by atoms with van der Waals surface area (Å²) in [6, 6.07) is 0. The van der Waals surface area contributed by atoms with Gasteiger partial charge in [-0.3, -0.25) is 0 Å². The van der Waals surface area contributed by atoms with E-state index in [1.54, 1.807) is 6.21 Å². The van der Waals surface area contributed by atoms with Crippen molar-refractivity contribution >= 4 is 12.2 Å². The minimum Gasteiger partial charge on any atom is -0.369 e. The molecule has 0 saturated heterocycles. The van der Waals surface area contributed by atoms with E-state index in [4.69, 9.17) is 11.5 Å². The topological polar surface area (TPSA) is 76.8 Å². The second-order valence-corrected chi connectivity index (χ2v) is 2.37. The Kier molecular flexibility index (Phi) is 5.15. The lowest BCUT2D eigenvalue weighted by Gasteiger charge is -2.01. The number of guanidine groups is 1. The summed E-state index contributed by atoms with van der Waals surface area (Å²) in [7, 11) is 0. The van der Waals surface area contributed by atoms with Crippen molar-refractivity contribution in [1.29, 1.82) is 0 Å². The first-order valence-electron chi connectivity index (χ1n) is 3.82. The number of nitrogens with zero attached hydrogens (tertiary/aromatic N) is 2. The average molecular weight is 156 g/mol. The van der Waals surface area contributed by atoms with E-state index in [0.29, 0.717) is 5.92 Å². The Hall–Kier alpha value is -1.06. The van der Waals surface area contributed by atoms with Gasteiger partial charge in [-0.05, 0) is 18.8 Å². The number of rotatable bonds is 4. The van der Waals surface area contributed by atoms with Crippen LogP contribution in [0.1, 0.15) is 26.7 Å². The fraction of sp³-hybridized carbons (Fsp3) is 0.714. The summed E-state index contributed by atoms with van der Waals surface area (Å²) >= 11 is 0. The van der Waals surface area contributed by atoms with Crippen molar-refractivity contribution in [3.05, 3.63) is 0 Å². The Morgan fingerprint density at radius 3 is 2.27 bits per heavy atom. The molecule has 0 amide bonds. The van der Waals surface area contributed by atoms with E-state index in [1.165, 1.54) is 0 Å². The third-order valence-electron chi connectivity index (χ3n) is 1.50. The van der Waals surface area contributed by atoms with Crippen molar-refractivity contribution in [1.82, 2.24) is 0 Å². The van der Waals surface area contributed by atoms with E-state index in [2.05, 4.69) is 24.1 Å². The molecule has 0 aromatic heterocycles. The van der Waals surface area contributed by atoms with Gasteiger partial charge in [-0.15, -0.1) is 5.10 Å². The van der Waals surface area contributed by atoms with Crippen LogP contribution in [0.2, 0.25) is 0 Å². The van der Waals surface area contributed by atoms with Gasteiger partial charge >= 0.3 is 0 Å². The standard InChI is InChI=1S/C7H16N4/c1-3-6(4-2)5-10-11-7(8)9/h5-6H,3-4H2,1-2H3,(H4,8,9,11). The molecule has 0 saturated carbocycles. The molecule has 4 heteroatoms. The maximum absolute atomic E-state index is 5.08. The molecule has 0 bridgehead atoms. The SMILES string of the molecule is CCC(C=NN=C(N)N)CC. The molecule has 0 aliphatic heterocycles. The average Bonchev–Trinajstić information content (AvgIpc) is 1.98. The van der Waals surface area contributed by atoms with E-state index in [-0.39, 0.29) is 5.96 Å². The summed E-state index contributed by atoms with van der Waals surface area (Å²) in [6.45, 7) is 4.21. The monoisotopic (exact) mass is 156 g/mol. The van der Waals surface area contributed by atoms with Gasteiger partial charge in [0.15, 0.2) is 0 Å². The van der Waals surface area contributed by atoms with Gasteiger partial charge in [-0.2, -0.15) is 5.10 Å². The molecule has 0 rings (SSSR count). The highest BCUT2D eigenvalue weighted by molar-refractivity contribution is 5.76. The smallest absolute Gasteiger partial charge is 0.211 e. The Balaban J connectivity index is 3.80. The van der Waals surface area contributed by atoms with Gasteiger partial charge in [0, 0.05) is 6.21 Å². The van der Waals surface area contributed by atoms with Crippen LogP contribution in [0.25, 0.3) is 0 Å². The van der Waals surface area contributed by atoms with Gasteiger partial charge < -0.3 is 11.5 Å². The zero-order chi connectivity index (χ0) is 8.69. The third-order valence-corrected chi connectivity index (χ3v) is 1.50. The number of nitrogens with two attached hydrogens (primary N) is 2. The zero-order valence-corrected chi connectivity index (χ0v) is 7.12. The Morgan fingerprint density at radius 2 is 1.91 bits per heavy atom. The molecule has 0 radical (unpaired) electrons. The van der Waals surface area contributed by atoms with Crippen LogP contribution in [-0.2, 0) is 0 Å². The highest BCUT2D eigenvalue weighted by Crippen LogP contribution is 2.02. The lowest BCUT2D eigenvalue weighted by Crippen LogP contribution is -2.21. The Labute approximate surface area is 67.4 Å². The molecule has 0 atom stereocenters. The minimum atomic E-state index is 0.00667. The second-order valence-electron chi connectivity index (χ2n) is 2.37. The van der Waals surface area contributed by atoms with E-state index in [0.717, 1.165) is 12.8 Å². The molecular formula is C7H16N4. The highest BCUT2D eigenvalue weighted by atomic mass is 15.3. The molecule has 11 heavy (non-hydrogen) atoms. The molecular weight excluding hydrogens is 140 g/mol. The Morgan fingerprint density at radius 1 is 1.36 bits per heavy atom. The summed E-state index contributed by atoms with van der Waals surface area (Å²) in [5, 5.41) is 7.23. The number of hydrogen-bond donors (Lipinski definition) is 2. The van der Waals surface area contributed by atoms with Crippen LogP contribution < -0.4 is 11.5 Å². The predicted molar refractivity (Wildman–Crippen MR) is 48.4 cm³/mol. The highest BCUT2D eigenvalue weighted by Gasteiger charge is 1.96. The van der Waals surface area contributed by atoms with E-state index < -0.39 is 0 Å². The molecule has 0 heterocycles. The molecule has 0 aromatic rings. The molecule has 4 N–H and O–H groups in total. The molecule has 0 fully saturated rings. The van der Waals surface area contributed by atoms with Crippen LogP contribution in [0, 0.1) is 5.92 Å². The first kappa shape index (κ1) is 9.94. The zero-order valence-electron chi connectivity index (χ0n) is 7.12.